The van der Waals surface area contributed by atoms with Crippen molar-refractivity contribution in [1.82, 2.24) is 15.1 Å². The lowest BCUT2D eigenvalue weighted by atomic mass is 9.90. The SMILES string of the molecule is Cc1ccc(-n2ncc(N3CCNCC3)c2C(C)(C)C)cc1. The summed E-state index contributed by atoms with van der Waals surface area (Å²) in [4.78, 5) is 2.45. The number of anilines is 1. The van der Waals surface area contributed by atoms with Crippen molar-refractivity contribution in [2.45, 2.75) is 33.1 Å². The summed E-state index contributed by atoms with van der Waals surface area (Å²) < 4.78 is 2.11. The predicted octanol–water partition coefficient (Wildman–Crippen LogP) is 2.89. The first-order valence-electron chi connectivity index (χ1n) is 8.08. The fraction of sp³-hybridized carbons (Fsp3) is 0.500. The van der Waals surface area contributed by atoms with E-state index < -0.39 is 0 Å². The highest BCUT2D eigenvalue weighted by Gasteiger charge is 2.28. The molecule has 0 spiro atoms. The van der Waals surface area contributed by atoms with Gasteiger partial charge in [0.1, 0.15) is 0 Å². The average Bonchev–Trinajstić information content (AvgIpc) is 2.94. The molecule has 0 amide bonds. The molecular formula is C18H26N4. The minimum atomic E-state index is 0.0432. The summed E-state index contributed by atoms with van der Waals surface area (Å²) in [6.07, 6.45) is 2.03. The van der Waals surface area contributed by atoms with Crippen LogP contribution in [0.3, 0.4) is 0 Å². The molecular weight excluding hydrogens is 272 g/mol. The molecule has 3 rings (SSSR count). The lowest BCUT2D eigenvalue weighted by Crippen LogP contribution is -2.44. The van der Waals surface area contributed by atoms with Crippen molar-refractivity contribution in [2.24, 2.45) is 0 Å². The van der Waals surface area contributed by atoms with E-state index in [9.17, 15) is 0 Å². The maximum absolute atomic E-state index is 4.71. The van der Waals surface area contributed by atoms with E-state index in [4.69, 9.17) is 5.10 Å². The number of nitrogens with zero attached hydrogens (tertiary/aromatic N) is 3. The topological polar surface area (TPSA) is 33.1 Å². The van der Waals surface area contributed by atoms with Crippen molar-refractivity contribution in [3.8, 4) is 5.69 Å². The average molecular weight is 298 g/mol. The summed E-state index contributed by atoms with van der Waals surface area (Å²) in [7, 11) is 0. The minimum Gasteiger partial charge on any atom is -0.366 e. The van der Waals surface area contributed by atoms with Gasteiger partial charge in [-0.3, -0.25) is 0 Å². The van der Waals surface area contributed by atoms with Crippen LogP contribution in [0.25, 0.3) is 5.69 Å². The van der Waals surface area contributed by atoms with Crippen LogP contribution in [0.4, 0.5) is 5.69 Å². The largest absolute Gasteiger partial charge is 0.366 e. The third kappa shape index (κ3) is 2.88. The van der Waals surface area contributed by atoms with Crippen LogP contribution in [0.2, 0.25) is 0 Å². The molecule has 118 valence electrons. The number of nitrogens with one attached hydrogen (secondary N) is 1. The van der Waals surface area contributed by atoms with Gasteiger partial charge < -0.3 is 10.2 Å². The summed E-state index contributed by atoms with van der Waals surface area (Å²) in [5.41, 5.74) is 5.02. The molecule has 1 saturated heterocycles. The molecule has 1 aromatic heterocycles. The quantitative estimate of drug-likeness (QED) is 0.925. The summed E-state index contributed by atoms with van der Waals surface area (Å²) >= 11 is 0. The molecule has 2 aromatic rings. The van der Waals surface area contributed by atoms with Crippen LogP contribution in [0, 0.1) is 6.92 Å². The van der Waals surface area contributed by atoms with Crippen molar-refractivity contribution < 1.29 is 0 Å². The van der Waals surface area contributed by atoms with Gasteiger partial charge in [-0.05, 0) is 19.1 Å². The van der Waals surface area contributed by atoms with Crippen molar-refractivity contribution in [3.05, 3.63) is 41.7 Å². The van der Waals surface area contributed by atoms with Gasteiger partial charge in [0.05, 0.1) is 23.3 Å². The fourth-order valence-electron chi connectivity index (χ4n) is 3.06. The van der Waals surface area contributed by atoms with Crippen LogP contribution in [0.15, 0.2) is 30.5 Å². The molecule has 0 aliphatic carbocycles. The first-order valence-corrected chi connectivity index (χ1v) is 8.08. The molecule has 0 saturated carbocycles. The Morgan fingerprint density at radius 3 is 2.27 bits per heavy atom. The van der Waals surface area contributed by atoms with E-state index in [0.717, 1.165) is 31.9 Å². The van der Waals surface area contributed by atoms with E-state index in [-0.39, 0.29) is 5.41 Å². The van der Waals surface area contributed by atoms with Gasteiger partial charge in [0, 0.05) is 31.6 Å². The number of piperazine rings is 1. The van der Waals surface area contributed by atoms with E-state index in [0.29, 0.717) is 0 Å². The van der Waals surface area contributed by atoms with Gasteiger partial charge in [-0.25, -0.2) is 4.68 Å². The molecule has 1 N–H and O–H groups in total. The smallest absolute Gasteiger partial charge is 0.0796 e. The number of rotatable bonds is 2. The first kappa shape index (κ1) is 15.1. The van der Waals surface area contributed by atoms with Gasteiger partial charge in [-0.1, -0.05) is 38.5 Å². The van der Waals surface area contributed by atoms with Crippen molar-refractivity contribution >= 4 is 5.69 Å². The van der Waals surface area contributed by atoms with Crippen LogP contribution in [0.1, 0.15) is 32.0 Å². The monoisotopic (exact) mass is 298 g/mol. The normalized spacial score (nSPS) is 16.1. The van der Waals surface area contributed by atoms with Gasteiger partial charge in [0.2, 0.25) is 0 Å². The lowest BCUT2D eigenvalue weighted by molar-refractivity contribution is 0.534. The highest BCUT2D eigenvalue weighted by atomic mass is 15.3. The zero-order chi connectivity index (χ0) is 15.7. The Bertz CT molecular complexity index is 628. The van der Waals surface area contributed by atoms with Crippen LogP contribution in [-0.4, -0.2) is 36.0 Å². The summed E-state index contributed by atoms with van der Waals surface area (Å²) in [5.74, 6) is 0. The molecule has 22 heavy (non-hydrogen) atoms. The molecule has 0 atom stereocenters. The Hall–Kier alpha value is -1.81. The highest BCUT2D eigenvalue weighted by molar-refractivity contribution is 5.55. The molecule has 0 radical (unpaired) electrons. The molecule has 1 fully saturated rings. The third-order valence-electron chi connectivity index (χ3n) is 4.20. The van der Waals surface area contributed by atoms with E-state index >= 15 is 0 Å². The Balaban J connectivity index is 2.07. The maximum atomic E-state index is 4.71. The van der Waals surface area contributed by atoms with Gasteiger partial charge in [0.25, 0.3) is 0 Å². The number of hydrogen-bond acceptors (Lipinski definition) is 3. The van der Waals surface area contributed by atoms with Crippen molar-refractivity contribution in [2.75, 3.05) is 31.1 Å². The number of benzene rings is 1. The molecule has 1 aliphatic heterocycles. The second-order valence-corrected chi connectivity index (χ2v) is 7.11. The van der Waals surface area contributed by atoms with Crippen LogP contribution < -0.4 is 10.2 Å². The Morgan fingerprint density at radius 2 is 1.68 bits per heavy atom. The van der Waals surface area contributed by atoms with Gasteiger partial charge in [-0.15, -0.1) is 0 Å². The second-order valence-electron chi connectivity index (χ2n) is 7.11. The number of aromatic nitrogens is 2. The standard InChI is InChI=1S/C18H26N4/c1-14-5-7-15(8-6-14)22-17(18(2,3)4)16(13-20-22)21-11-9-19-10-12-21/h5-8,13,19H,9-12H2,1-4H3. The van der Waals surface area contributed by atoms with Gasteiger partial charge in [-0.2, -0.15) is 5.10 Å². The van der Waals surface area contributed by atoms with Crippen LogP contribution >= 0.6 is 0 Å². The Labute approximate surface area is 133 Å². The molecule has 0 unspecified atom stereocenters. The molecule has 1 aliphatic rings. The summed E-state index contributed by atoms with van der Waals surface area (Å²) in [5, 5.41) is 8.13. The number of hydrogen-bond donors (Lipinski definition) is 1. The molecule has 4 heteroatoms. The molecule has 4 nitrogen and oxygen atoms in total. The van der Waals surface area contributed by atoms with Gasteiger partial charge >= 0.3 is 0 Å². The van der Waals surface area contributed by atoms with Crippen LogP contribution in [0.5, 0.6) is 0 Å². The van der Waals surface area contributed by atoms with Crippen molar-refractivity contribution in [3.63, 3.8) is 0 Å². The summed E-state index contributed by atoms with van der Waals surface area (Å²) in [6, 6.07) is 8.60. The fourth-order valence-corrected chi connectivity index (χ4v) is 3.06. The molecule has 0 bridgehead atoms. The highest BCUT2D eigenvalue weighted by Crippen LogP contribution is 2.34. The van der Waals surface area contributed by atoms with E-state index in [1.165, 1.54) is 16.9 Å². The summed E-state index contributed by atoms with van der Waals surface area (Å²) in [6.45, 7) is 13.1. The zero-order valence-electron chi connectivity index (χ0n) is 14.1. The van der Waals surface area contributed by atoms with Crippen molar-refractivity contribution in [1.29, 1.82) is 0 Å². The number of aryl methyl sites for hydroxylation is 1. The Morgan fingerprint density at radius 1 is 1.05 bits per heavy atom. The zero-order valence-corrected chi connectivity index (χ0v) is 14.1. The molecule has 1 aromatic carbocycles. The minimum absolute atomic E-state index is 0.0432. The first-order chi connectivity index (χ1) is 10.5. The third-order valence-corrected chi connectivity index (χ3v) is 4.20. The molecule has 2 heterocycles. The second kappa shape index (κ2) is 5.76. The van der Waals surface area contributed by atoms with E-state index in [1.807, 2.05) is 6.20 Å². The maximum Gasteiger partial charge on any atom is 0.0796 e. The lowest BCUT2D eigenvalue weighted by Gasteiger charge is -2.32. The predicted molar refractivity (Wildman–Crippen MR) is 92.1 cm³/mol. The van der Waals surface area contributed by atoms with Gasteiger partial charge in [0.15, 0.2) is 0 Å². The van der Waals surface area contributed by atoms with E-state index in [2.05, 4.69) is 66.9 Å². The van der Waals surface area contributed by atoms with E-state index in [1.54, 1.807) is 0 Å². The Kier molecular flexibility index (Phi) is 3.96. The van der Waals surface area contributed by atoms with Crippen LogP contribution in [-0.2, 0) is 5.41 Å².